The molecule has 1 unspecified atom stereocenters. The van der Waals surface area contributed by atoms with E-state index in [1.165, 1.54) is 10.5 Å². The molecule has 0 radical (unpaired) electrons. The molecule has 3 heteroatoms. The molecule has 2 rings (SSSR count). The Morgan fingerprint density at radius 2 is 1.95 bits per heavy atom. The lowest BCUT2D eigenvalue weighted by molar-refractivity contribution is 0.335. The second-order valence-corrected chi connectivity index (χ2v) is 5.45. The number of rotatable bonds is 6. The third-order valence-corrected chi connectivity index (χ3v) is 3.86. The number of anilines is 1. The van der Waals surface area contributed by atoms with Crippen molar-refractivity contribution >= 4 is 17.4 Å². The molecule has 0 aliphatic carbocycles. The lowest BCUT2D eigenvalue weighted by Gasteiger charge is -2.19. The Balaban J connectivity index is 2.17. The van der Waals surface area contributed by atoms with Gasteiger partial charge in [0.25, 0.3) is 0 Å². The van der Waals surface area contributed by atoms with Crippen molar-refractivity contribution in [2.24, 2.45) is 0 Å². The van der Waals surface area contributed by atoms with E-state index in [2.05, 4.69) is 48.8 Å². The van der Waals surface area contributed by atoms with Gasteiger partial charge in [-0.3, -0.25) is 0 Å². The maximum atomic E-state index is 5.70. The van der Waals surface area contributed by atoms with Crippen LogP contribution in [0.4, 0.5) is 5.69 Å². The average molecular weight is 287 g/mol. The van der Waals surface area contributed by atoms with Gasteiger partial charge in [0.15, 0.2) is 0 Å². The van der Waals surface area contributed by atoms with Crippen molar-refractivity contribution in [3.8, 4) is 5.75 Å². The van der Waals surface area contributed by atoms with Gasteiger partial charge in [-0.05, 0) is 44.4 Å². The number of hydrogen-bond donors (Lipinski definition) is 1. The zero-order chi connectivity index (χ0) is 14.4. The van der Waals surface area contributed by atoms with Crippen LogP contribution in [-0.2, 0) is 0 Å². The molecule has 0 amide bonds. The van der Waals surface area contributed by atoms with Crippen molar-refractivity contribution in [2.75, 3.05) is 18.2 Å². The van der Waals surface area contributed by atoms with Gasteiger partial charge in [0.05, 0.1) is 12.6 Å². The monoisotopic (exact) mass is 287 g/mol. The van der Waals surface area contributed by atoms with Crippen LogP contribution in [0.1, 0.15) is 25.5 Å². The maximum Gasteiger partial charge on any atom is 0.124 e. The molecular formula is C17H21NOS. The van der Waals surface area contributed by atoms with Crippen molar-refractivity contribution in [3.63, 3.8) is 0 Å². The zero-order valence-corrected chi connectivity index (χ0v) is 13.0. The van der Waals surface area contributed by atoms with Gasteiger partial charge < -0.3 is 10.1 Å². The lowest BCUT2D eigenvalue weighted by atomic mass is 10.1. The summed E-state index contributed by atoms with van der Waals surface area (Å²) in [5, 5.41) is 3.54. The summed E-state index contributed by atoms with van der Waals surface area (Å²) in [6.07, 6.45) is 2.09. The van der Waals surface area contributed by atoms with Gasteiger partial charge in [-0.1, -0.05) is 24.3 Å². The second kappa shape index (κ2) is 7.25. The van der Waals surface area contributed by atoms with Crippen molar-refractivity contribution in [3.05, 3.63) is 54.1 Å². The quantitative estimate of drug-likeness (QED) is 0.757. The minimum absolute atomic E-state index is 0.204. The fourth-order valence-corrected chi connectivity index (χ4v) is 2.63. The summed E-state index contributed by atoms with van der Waals surface area (Å²) in [6, 6.07) is 16.9. The number of benzene rings is 2. The summed E-state index contributed by atoms with van der Waals surface area (Å²) in [7, 11) is 0. The molecule has 106 valence electrons. The Morgan fingerprint density at radius 1 is 1.15 bits per heavy atom. The smallest absolute Gasteiger partial charge is 0.124 e. The predicted molar refractivity (Wildman–Crippen MR) is 87.9 cm³/mol. The van der Waals surface area contributed by atoms with E-state index in [9.17, 15) is 0 Å². The van der Waals surface area contributed by atoms with E-state index in [1.54, 1.807) is 11.8 Å². The van der Waals surface area contributed by atoms with Crippen LogP contribution in [0.15, 0.2) is 53.4 Å². The molecule has 2 aromatic rings. The summed E-state index contributed by atoms with van der Waals surface area (Å²) >= 11 is 1.75. The maximum absolute atomic E-state index is 5.70. The van der Waals surface area contributed by atoms with Gasteiger partial charge in [0, 0.05) is 16.1 Å². The summed E-state index contributed by atoms with van der Waals surface area (Å²) < 4.78 is 5.70. The first kappa shape index (κ1) is 14.8. The minimum atomic E-state index is 0.204. The molecular weight excluding hydrogens is 266 g/mol. The van der Waals surface area contributed by atoms with Gasteiger partial charge >= 0.3 is 0 Å². The Kier molecular flexibility index (Phi) is 5.36. The van der Waals surface area contributed by atoms with E-state index >= 15 is 0 Å². The molecule has 0 saturated heterocycles. The molecule has 0 spiro atoms. The highest BCUT2D eigenvalue weighted by Gasteiger charge is 2.11. The second-order valence-electron chi connectivity index (χ2n) is 4.57. The van der Waals surface area contributed by atoms with Crippen molar-refractivity contribution < 1.29 is 4.74 Å². The molecule has 2 nitrogen and oxygen atoms in total. The van der Waals surface area contributed by atoms with Crippen LogP contribution >= 0.6 is 11.8 Å². The molecule has 0 aliphatic heterocycles. The van der Waals surface area contributed by atoms with E-state index in [1.807, 2.05) is 25.1 Å². The Morgan fingerprint density at radius 3 is 2.70 bits per heavy atom. The Labute approximate surface area is 125 Å². The third kappa shape index (κ3) is 3.70. The summed E-state index contributed by atoms with van der Waals surface area (Å²) in [6.45, 7) is 4.85. The van der Waals surface area contributed by atoms with Crippen molar-refractivity contribution in [2.45, 2.75) is 24.8 Å². The Hall–Kier alpha value is -1.61. The average Bonchev–Trinajstić information content (AvgIpc) is 2.48. The van der Waals surface area contributed by atoms with Crippen LogP contribution in [-0.4, -0.2) is 12.9 Å². The number of para-hydroxylation sites is 1. The van der Waals surface area contributed by atoms with E-state index in [-0.39, 0.29) is 6.04 Å². The number of nitrogens with one attached hydrogen (secondary N) is 1. The van der Waals surface area contributed by atoms with Gasteiger partial charge in [-0.15, -0.1) is 11.8 Å². The molecule has 0 aromatic heterocycles. The SMILES string of the molecule is CCOc1ccccc1C(C)Nc1cccc(SC)c1. The van der Waals surface area contributed by atoms with Gasteiger partial charge in [-0.25, -0.2) is 0 Å². The summed E-state index contributed by atoms with van der Waals surface area (Å²) in [4.78, 5) is 1.26. The van der Waals surface area contributed by atoms with Crippen LogP contribution in [0.3, 0.4) is 0 Å². The van der Waals surface area contributed by atoms with Gasteiger partial charge in [0.2, 0.25) is 0 Å². The van der Waals surface area contributed by atoms with Crippen LogP contribution in [0.25, 0.3) is 0 Å². The largest absolute Gasteiger partial charge is 0.494 e. The highest BCUT2D eigenvalue weighted by Crippen LogP contribution is 2.28. The summed E-state index contributed by atoms with van der Waals surface area (Å²) in [5.74, 6) is 0.955. The first-order valence-electron chi connectivity index (χ1n) is 6.87. The van der Waals surface area contributed by atoms with Crippen molar-refractivity contribution in [1.29, 1.82) is 0 Å². The molecule has 1 atom stereocenters. The lowest BCUT2D eigenvalue weighted by Crippen LogP contribution is -2.08. The first-order valence-corrected chi connectivity index (χ1v) is 8.09. The van der Waals surface area contributed by atoms with E-state index in [0.717, 1.165) is 11.4 Å². The van der Waals surface area contributed by atoms with Crippen LogP contribution in [0.5, 0.6) is 5.75 Å². The molecule has 0 fully saturated rings. The molecule has 20 heavy (non-hydrogen) atoms. The molecule has 1 N–H and O–H groups in total. The highest BCUT2D eigenvalue weighted by molar-refractivity contribution is 7.98. The van der Waals surface area contributed by atoms with E-state index in [4.69, 9.17) is 4.74 Å². The predicted octanol–water partition coefficient (Wildman–Crippen LogP) is 4.98. The molecule has 0 heterocycles. The first-order chi connectivity index (χ1) is 9.74. The number of thioether (sulfide) groups is 1. The number of ether oxygens (including phenoxy) is 1. The molecule has 0 saturated carbocycles. The van der Waals surface area contributed by atoms with E-state index < -0.39 is 0 Å². The highest BCUT2D eigenvalue weighted by atomic mass is 32.2. The topological polar surface area (TPSA) is 21.3 Å². The normalized spacial score (nSPS) is 11.9. The van der Waals surface area contributed by atoms with E-state index in [0.29, 0.717) is 6.61 Å². The van der Waals surface area contributed by atoms with Gasteiger partial charge in [-0.2, -0.15) is 0 Å². The van der Waals surface area contributed by atoms with Crippen LogP contribution in [0, 0.1) is 0 Å². The Bertz CT molecular complexity index is 556. The third-order valence-electron chi connectivity index (χ3n) is 3.14. The minimum Gasteiger partial charge on any atom is -0.494 e. The zero-order valence-electron chi connectivity index (χ0n) is 12.2. The standard InChI is InChI=1S/C17H21NOS/c1-4-19-17-11-6-5-10-16(17)13(2)18-14-8-7-9-15(12-14)20-3/h5-13,18H,4H2,1-3H3. The van der Waals surface area contributed by atoms with Gasteiger partial charge in [0.1, 0.15) is 5.75 Å². The van der Waals surface area contributed by atoms with Crippen molar-refractivity contribution in [1.82, 2.24) is 0 Å². The summed E-state index contributed by atoms with van der Waals surface area (Å²) in [5.41, 5.74) is 2.32. The van der Waals surface area contributed by atoms with Crippen LogP contribution < -0.4 is 10.1 Å². The fraction of sp³-hybridized carbons (Fsp3) is 0.294. The molecule has 0 bridgehead atoms. The molecule has 0 aliphatic rings. The fourth-order valence-electron chi connectivity index (χ4n) is 2.17. The molecule has 2 aromatic carbocycles. The van der Waals surface area contributed by atoms with Crippen LogP contribution in [0.2, 0.25) is 0 Å². The number of hydrogen-bond acceptors (Lipinski definition) is 3.